The van der Waals surface area contributed by atoms with Crippen molar-refractivity contribution in [3.05, 3.63) is 0 Å². The van der Waals surface area contributed by atoms with Gasteiger partial charge in [0, 0.05) is 19.3 Å². The Balaban J connectivity index is 4.83. The lowest BCUT2D eigenvalue weighted by molar-refractivity contribution is -0.154. The second-order valence-electron chi connectivity index (χ2n) is 5.21. The molecule has 0 bridgehead atoms. The van der Waals surface area contributed by atoms with Crippen LogP contribution in [-0.4, -0.2) is 40.3 Å². The average Bonchev–Trinajstić information content (AvgIpc) is 2.74. The summed E-state index contributed by atoms with van der Waals surface area (Å²) in [7, 11) is -5.06. The number of carbonyl (C=O) groups excluding carboxylic acids is 2. The molecule has 0 saturated heterocycles. The number of esters is 2. The smallest absolute Gasteiger partial charge is 0.385 e. The van der Waals surface area contributed by atoms with Crippen LogP contribution in [0.1, 0.15) is 20.3 Å². The highest BCUT2D eigenvalue weighted by Gasteiger charge is 2.33. The van der Waals surface area contributed by atoms with Crippen molar-refractivity contribution in [1.82, 2.24) is 0 Å². The number of alkyl halides is 1. The first-order valence-corrected chi connectivity index (χ1v) is 10.3. The molecule has 0 aliphatic carbocycles. The molecular weight excluding hydrogens is 450 g/mol. The maximum atomic E-state index is 13.5. The van der Waals surface area contributed by atoms with Crippen LogP contribution in [0.25, 0.3) is 0 Å². The Morgan fingerprint density at radius 1 is 0.848 bits per heavy atom. The van der Waals surface area contributed by atoms with Crippen LogP contribution in [0.2, 0.25) is 0 Å². The van der Waals surface area contributed by atoms with Crippen molar-refractivity contribution in [2.45, 2.75) is 32.3 Å². The molecule has 2 N–H and O–H groups in total. The molecule has 0 aliphatic heterocycles. The predicted octanol–water partition coefficient (Wildman–Crippen LogP) is 0.372. The van der Waals surface area contributed by atoms with Crippen molar-refractivity contribution < 1.29 is 37.8 Å². The highest BCUT2D eigenvalue weighted by atomic mass is 31.2. The highest BCUT2D eigenvalue weighted by Crippen LogP contribution is 2.44. The predicted molar refractivity (Wildman–Crippen MR) is 116 cm³/mol. The fourth-order valence-corrected chi connectivity index (χ4v) is 1.93. The molecule has 0 aliphatic rings. The van der Waals surface area contributed by atoms with Crippen LogP contribution in [0.5, 0.6) is 0 Å². The zero-order valence-corrected chi connectivity index (χ0v) is 18.2. The largest absolute Gasteiger partial charge is 0.462 e. The number of rotatable bonds is 6. The molecule has 7 nitrogen and oxygen atoms in total. The van der Waals surface area contributed by atoms with E-state index in [0.717, 1.165) is 6.92 Å². The molecule has 1 unspecified atom stereocenters. The van der Waals surface area contributed by atoms with Crippen molar-refractivity contribution in [2.24, 2.45) is 0 Å². The number of carbonyl (C=O) groups is 2. The fourth-order valence-electron chi connectivity index (χ4n) is 1.42. The van der Waals surface area contributed by atoms with Crippen molar-refractivity contribution >= 4 is 19.5 Å². The Morgan fingerprint density at radius 2 is 1.27 bits per heavy atom. The first-order chi connectivity index (χ1) is 15.7. The first-order valence-electron chi connectivity index (χ1n) is 8.62. The quantitative estimate of drug-likeness (QED) is 0.253. The Labute approximate surface area is 191 Å². The van der Waals surface area contributed by atoms with E-state index in [1.807, 2.05) is 5.92 Å². The van der Waals surface area contributed by atoms with Gasteiger partial charge in [-0.2, -0.15) is 0 Å². The van der Waals surface area contributed by atoms with Crippen LogP contribution in [0, 0.1) is 94.7 Å². The second-order valence-corrected chi connectivity index (χ2v) is 6.95. The van der Waals surface area contributed by atoms with Gasteiger partial charge in [-0.05, 0) is 89.8 Å². The van der Waals surface area contributed by atoms with E-state index in [4.69, 9.17) is 14.5 Å². The summed E-state index contributed by atoms with van der Waals surface area (Å²) in [5, 5.41) is 0. The summed E-state index contributed by atoms with van der Waals surface area (Å²) in [6, 6.07) is 0. The van der Waals surface area contributed by atoms with Gasteiger partial charge >= 0.3 is 19.5 Å². The summed E-state index contributed by atoms with van der Waals surface area (Å²) in [6.07, 6.45) is -2.35. The van der Waals surface area contributed by atoms with E-state index in [9.17, 15) is 18.5 Å². The van der Waals surface area contributed by atoms with Crippen molar-refractivity contribution in [2.75, 3.05) is 6.61 Å². The normalized spacial score (nSPS) is 9.61. The molecule has 0 aromatic carbocycles. The van der Waals surface area contributed by atoms with Gasteiger partial charge < -0.3 is 19.3 Å². The van der Waals surface area contributed by atoms with Gasteiger partial charge in [-0.1, -0.05) is 5.92 Å². The van der Waals surface area contributed by atoms with E-state index in [1.54, 1.807) is 6.92 Å². The van der Waals surface area contributed by atoms with Crippen LogP contribution >= 0.6 is 7.60 Å². The number of ether oxygens (including phenoxy) is 2. The Bertz CT molecular complexity index is 1300. The third-order valence-corrected chi connectivity index (χ3v) is 3.61. The van der Waals surface area contributed by atoms with Crippen molar-refractivity contribution in [3.63, 3.8) is 0 Å². The lowest BCUT2D eigenvalue weighted by Gasteiger charge is -2.18. The lowest BCUT2D eigenvalue weighted by atomic mass is 10.3. The monoisotopic (exact) mass is 464 g/mol. The fraction of sp³-hybridized carbons (Fsp3) is 0.250. The maximum Gasteiger partial charge on any atom is 0.385 e. The highest BCUT2D eigenvalue weighted by molar-refractivity contribution is 7.52. The average molecular weight is 464 g/mol. The van der Waals surface area contributed by atoms with Gasteiger partial charge in [0.1, 0.15) is 12.7 Å². The molecule has 0 rings (SSSR count). The van der Waals surface area contributed by atoms with Crippen LogP contribution < -0.4 is 0 Å². The summed E-state index contributed by atoms with van der Waals surface area (Å²) in [4.78, 5) is 40.1. The number of halogens is 1. The molecule has 0 amide bonds. The lowest BCUT2D eigenvalue weighted by Crippen LogP contribution is -2.27. The van der Waals surface area contributed by atoms with E-state index in [-0.39, 0.29) is 0 Å². The zero-order chi connectivity index (χ0) is 25.0. The van der Waals surface area contributed by atoms with Gasteiger partial charge in [-0.15, -0.1) is 0 Å². The second kappa shape index (κ2) is 17.2. The van der Waals surface area contributed by atoms with Gasteiger partial charge in [0.2, 0.25) is 5.91 Å². The molecule has 33 heavy (non-hydrogen) atoms. The van der Waals surface area contributed by atoms with Crippen LogP contribution in [0.4, 0.5) is 4.39 Å². The summed E-state index contributed by atoms with van der Waals surface area (Å²) in [6.45, 7) is 2.10. The minimum atomic E-state index is -5.06. The Kier molecular flexibility index (Phi) is 14.9. The Morgan fingerprint density at radius 3 is 1.67 bits per heavy atom. The zero-order valence-electron chi connectivity index (χ0n) is 17.3. The summed E-state index contributed by atoms with van der Waals surface area (Å²) in [5.74, 6) is 33.3. The minimum Gasteiger partial charge on any atom is -0.462 e. The van der Waals surface area contributed by atoms with Crippen molar-refractivity contribution in [3.8, 4) is 94.7 Å². The van der Waals surface area contributed by atoms with Crippen LogP contribution in [-0.2, 0) is 23.6 Å². The van der Waals surface area contributed by atoms with Crippen molar-refractivity contribution in [1.29, 1.82) is 0 Å². The molecule has 0 aromatic rings. The molecular formula is C24H14FO7P. The van der Waals surface area contributed by atoms with Gasteiger partial charge in [0.25, 0.3) is 0 Å². The molecule has 0 saturated carbocycles. The molecule has 0 spiro atoms. The van der Waals surface area contributed by atoms with Crippen LogP contribution in [0.3, 0.4) is 0 Å². The maximum absolute atomic E-state index is 13.5. The molecule has 0 aromatic heterocycles. The van der Waals surface area contributed by atoms with E-state index in [2.05, 4.69) is 93.5 Å². The summed E-state index contributed by atoms with van der Waals surface area (Å²) in [5.41, 5.74) is 0. The minimum absolute atomic E-state index is 0.603. The Hall–Kier alpha value is -4.50. The first kappa shape index (κ1) is 28.5. The van der Waals surface area contributed by atoms with E-state index in [0.29, 0.717) is 0 Å². The number of hydrogen-bond acceptors (Lipinski definition) is 5. The third-order valence-electron chi connectivity index (χ3n) is 2.67. The summed E-state index contributed by atoms with van der Waals surface area (Å²) < 4.78 is 33.8. The third kappa shape index (κ3) is 18.0. The standard InChI is InChI=1S/C24H14FO7P/c1-3-4-5-6-7-8-9-10-11-12-13-14-15-16-17-18-24(27)32-22(20-31-21(2)26)19-23(25)33(28,29)30/h22-23H,19-20H2,1-2H3,(H2,28,29,30)/t22-,23?/m1/s1. The van der Waals surface area contributed by atoms with Crippen LogP contribution in [0.15, 0.2) is 0 Å². The van der Waals surface area contributed by atoms with Gasteiger partial charge in [0.15, 0.2) is 0 Å². The van der Waals surface area contributed by atoms with E-state index >= 15 is 0 Å². The molecule has 9 heteroatoms. The molecule has 0 fully saturated rings. The molecule has 0 radical (unpaired) electrons. The molecule has 164 valence electrons. The number of hydrogen-bond donors (Lipinski definition) is 2. The SMILES string of the molecule is CC#CC#CC#CC#CC#CC#CC#CC#CC(=O)O[C@@H](COC(C)=O)CC(F)P(=O)(O)O. The molecule has 2 atom stereocenters. The van der Waals surface area contributed by atoms with E-state index in [1.165, 1.54) is 0 Å². The topological polar surface area (TPSA) is 110 Å². The van der Waals surface area contributed by atoms with E-state index < -0.39 is 44.6 Å². The molecule has 0 heterocycles. The summed E-state index contributed by atoms with van der Waals surface area (Å²) >= 11 is 0. The van der Waals surface area contributed by atoms with Gasteiger partial charge in [0.05, 0.1) is 0 Å². The van der Waals surface area contributed by atoms with Gasteiger partial charge in [-0.25, -0.2) is 9.18 Å². The van der Waals surface area contributed by atoms with Gasteiger partial charge in [-0.3, -0.25) is 9.36 Å².